The topological polar surface area (TPSA) is 70.7 Å². The van der Waals surface area contributed by atoms with Crippen LogP contribution in [0.1, 0.15) is 22.0 Å². The zero-order chi connectivity index (χ0) is 12.4. The minimum absolute atomic E-state index is 0.0107. The van der Waals surface area contributed by atoms with Crippen LogP contribution in [0.2, 0.25) is 0 Å². The number of hydrogen-bond acceptors (Lipinski definition) is 3. The van der Waals surface area contributed by atoms with Gasteiger partial charge < -0.3 is 5.32 Å². The summed E-state index contributed by atoms with van der Waals surface area (Å²) >= 11 is 0. The Morgan fingerprint density at radius 1 is 1.41 bits per heavy atom. The maximum atomic E-state index is 13.4. The van der Waals surface area contributed by atoms with Crippen molar-refractivity contribution in [2.75, 3.05) is 5.32 Å². The lowest BCUT2D eigenvalue weighted by atomic mass is 10.2. The molecule has 1 aromatic heterocycles. The van der Waals surface area contributed by atoms with Crippen molar-refractivity contribution >= 4 is 11.6 Å². The van der Waals surface area contributed by atoms with Gasteiger partial charge in [0.25, 0.3) is 5.91 Å². The highest BCUT2D eigenvalue weighted by atomic mass is 19.1. The molecule has 5 nitrogen and oxygen atoms in total. The van der Waals surface area contributed by atoms with Crippen molar-refractivity contribution in [2.45, 2.75) is 13.8 Å². The molecule has 0 unspecified atom stereocenters. The van der Waals surface area contributed by atoms with Crippen LogP contribution in [-0.4, -0.2) is 21.1 Å². The van der Waals surface area contributed by atoms with E-state index in [2.05, 4.69) is 20.5 Å². The molecule has 0 spiro atoms. The standard InChI is InChI=1S/C11H11FN4O/c1-6-3-4-8(12)9(5-6)14-11(17)10-13-7(2)15-16-10/h3-5H,1-2H3,(H,14,17)(H,13,15,16). The van der Waals surface area contributed by atoms with Gasteiger partial charge >= 0.3 is 0 Å². The smallest absolute Gasteiger partial charge is 0.295 e. The van der Waals surface area contributed by atoms with Crippen molar-refractivity contribution in [1.82, 2.24) is 15.2 Å². The molecule has 17 heavy (non-hydrogen) atoms. The number of aromatic nitrogens is 3. The summed E-state index contributed by atoms with van der Waals surface area (Å²) in [6.07, 6.45) is 0. The van der Waals surface area contributed by atoms with Gasteiger partial charge in [0.1, 0.15) is 11.6 Å². The van der Waals surface area contributed by atoms with E-state index in [1.54, 1.807) is 19.1 Å². The van der Waals surface area contributed by atoms with Crippen LogP contribution in [0.3, 0.4) is 0 Å². The molecule has 2 rings (SSSR count). The van der Waals surface area contributed by atoms with Crippen LogP contribution in [0.25, 0.3) is 0 Å². The lowest BCUT2D eigenvalue weighted by molar-refractivity contribution is 0.101. The van der Waals surface area contributed by atoms with Crippen LogP contribution < -0.4 is 5.32 Å². The van der Waals surface area contributed by atoms with Gasteiger partial charge in [-0.25, -0.2) is 9.37 Å². The first-order valence-electron chi connectivity index (χ1n) is 5.03. The molecule has 1 aromatic carbocycles. The van der Waals surface area contributed by atoms with Crippen LogP contribution in [0.5, 0.6) is 0 Å². The minimum atomic E-state index is -0.543. The third kappa shape index (κ3) is 2.47. The zero-order valence-electron chi connectivity index (χ0n) is 9.41. The van der Waals surface area contributed by atoms with Gasteiger partial charge in [-0.2, -0.15) is 0 Å². The molecule has 0 saturated heterocycles. The van der Waals surface area contributed by atoms with Crippen molar-refractivity contribution in [2.24, 2.45) is 0 Å². The van der Waals surface area contributed by atoms with Crippen LogP contribution in [-0.2, 0) is 0 Å². The Hall–Kier alpha value is -2.24. The van der Waals surface area contributed by atoms with Gasteiger partial charge in [-0.05, 0) is 31.5 Å². The SMILES string of the molecule is Cc1ccc(F)c(NC(=O)c2n[nH]c(C)n2)c1. The minimum Gasteiger partial charge on any atom is -0.317 e. The fraction of sp³-hybridized carbons (Fsp3) is 0.182. The normalized spacial score (nSPS) is 10.3. The van der Waals surface area contributed by atoms with Crippen LogP contribution >= 0.6 is 0 Å². The Kier molecular flexibility index (Phi) is 2.86. The third-order valence-corrected chi connectivity index (χ3v) is 2.17. The molecule has 1 heterocycles. The number of rotatable bonds is 2. The van der Waals surface area contributed by atoms with Gasteiger partial charge in [-0.1, -0.05) is 6.07 Å². The maximum Gasteiger partial charge on any atom is 0.295 e. The Morgan fingerprint density at radius 2 is 2.18 bits per heavy atom. The molecule has 1 amide bonds. The number of carbonyl (C=O) groups is 1. The van der Waals surface area contributed by atoms with Gasteiger partial charge in [0.2, 0.25) is 5.82 Å². The molecule has 0 saturated carbocycles. The van der Waals surface area contributed by atoms with Crippen LogP contribution in [0, 0.1) is 19.7 Å². The van der Waals surface area contributed by atoms with Crippen LogP contribution in [0.4, 0.5) is 10.1 Å². The summed E-state index contributed by atoms with van der Waals surface area (Å²) in [4.78, 5) is 15.5. The zero-order valence-corrected chi connectivity index (χ0v) is 9.41. The van der Waals surface area contributed by atoms with E-state index in [9.17, 15) is 9.18 Å². The number of anilines is 1. The molecule has 0 aliphatic heterocycles. The number of nitrogens with zero attached hydrogens (tertiary/aromatic N) is 2. The van der Waals surface area contributed by atoms with Crippen molar-refractivity contribution in [3.63, 3.8) is 0 Å². The van der Waals surface area contributed by atoms with E-state index in [4.69, 9.17) is 0 Å². The first-order valence-corrected chi connectivity index (χ1v) is 5.03. The summed E-state index contributed by atoms with van der Waals surface area (Å²) in [5, 5.41) is 8.66. The summed E-state index contributed by atoms with van der Waals surface area (Å²) in [7, 11) is 0. The number of carbonyl (C=O) groups excluding carboxylic acids is 1. The van der Waals surface area contributed by atoms with E-state index < -0.39 is 11.7 Å². The van der Waals surface area contributed by atoms with Crippen molar-refractivity contribution in [3.05, 3.63) is 41.2 Å². The molecule has 2 aromatic rings. The highest BCUT2D eigenvalue weighted by Gasteiger charge is 2.13. The molecule has 0 radical (unpaired) electrons. The van der Waals surface area contributed by atoms with E-state index >= 15 is 0 Å². The monoisotopic (exact) mass is 234 g/mol. The van der Waals surface area contributed by atoms with E-state index in [1.807, 2.05) is 6.92 Å². The first-order chi connectivity index (χ1) is 8.06. The van der Waals surface area contributed by atoms with E-state index in [0.717, 1.165) is 5.56 Å². The Bertz CT molecular complexity index is 564. The fourth-order valence-corrected chi connectivity index (χ4v) is 1.36. The Labute approximate surface area is 97.1 Å². The molecule has 6 heteroatoms. The third-order valence-electron chi connectivity index (χ3n) is 2.17. The highest BCUT2D eigenvalue weighted by molar-refractivity contribution is 6.01. The summed E-state index contributed by atoms with van der Waals surface area (Å²) in [6.45, 7) is 3.49. The molecular weight excluding hydrogens is 223 g/mol. The average Bonchev–Trinajstić information content (AvgIpc) is 2.70. The largest absolute Gasteiger partial charge is 0.317 e. The number of H-pyrrole nitrogens is 1. The molecule has 0 atom stereocenters. The Morgan fingerprint density at radius 3 is 2.82 bits per heavy atom. The van der Waals surface area contributed by atoms with E-state index in [1.165, 1.54) is 6.07 Å². The van der Waals surface area contributed by atoms with Crippen molar-refractivity contribution in [1.29, 1.82) is 0 Å². The number of halogens is 1. The highest BCUT2D eigenvalue weighted by Crippen LogP contribution is 2.16. The van der Waals surface area contributed by atoms with Gasteiger partial charge in [-0.3, -0.25) is 9.89 Å². The first kappa shape index (κ1) is 11.3. The lowest BCUT2D eigenvalue weighted by Crippen LogP contribution is -2.14. The summed E-state index contributed by atoms with van der Waals surface area (Å²) in [5.41, 5.74) is 0.977. The number of nitrogens with one attached hydrogen (secondary N) is 2. The number of aryl methyl sites for hydroxylation is 2. The summed E-state index contributed by atoms with van der Waals surface area (Å²) in [5.74, 6) is -0.515. The second-order valence-corrected chi connectivity index (χ2v) is 3.68. The number of hydrogen-bond donors (Lipinski definition) is 2. The molecule has 0 fully saturated rings. The van der Waals surface area contributed by atoms with Gasteiger partial charge in [0, 0.05) is 0 Å². The molecule has 0 bridgehead atoms. The van der Waals surface area contributed by atoms with E-state index in [-0.39, 0.29) is 11.5 Å². The van der Waals surface area contributed by atoms with Gasteiger partial charge in [0.05, 0.1) is 5.69 Å². The second kappa shape index (κ2) is 4.32. The molecule has 0 aliphatic carbocycles. The lowest BCUT2D eigenvalue weighted by Gasteiger charge is -2.04. The maximum absolute atomic E-state index is 13.4. The molecule has 88 valence electrons. The molecule has 0 aliphatic rings. The summed E-state index contributed by atoms with van der Waals surface area (Å²) < 4.78 is 13.4. The summed E-state index contributed by atoms with van der Waals surface area (Å²) in [6, 6.07) is 4.48. The van der Waals surface area contributed by atoms with E-state index in [0.29, 0.717) is 5.82 Å². The van der Waals surface area contributed by atoms with Crippen molar-refractivity contribution in [3.8, 4) is 0 Å². The Balaban J connectivity index is 2.21. The second-order valence-electron chi connectivity index (χ2n) is 3.68. The number of amides is 1. The molecular formula is C11H11FN4O. The quantitative estimate of drug-likeness (QED) is 0.832. The molecule has 2 N–H and O–H groups in total. The predicted molar refractivity (Wildman–Crippen MR) is 60.2 cm³/mol. The predicted octanol–water partition coefficient (Wildman–Crippen LogP) is 1.81. The van der Waals surface area contributed by atoms with Crippen LogP contribution in [0.15, 0.2) is 18.2 Å². The number of aromatic amines is 1. The fourth-order valence-electron chi connectivity index (χ4n) is 1.36. The number of benzene rings is 1. The van der Waals surface area contributed by atoms with Crippen molar-refractivity contribution < 1.29 is 9.18 Å². The average molecular weight is 234 g/mol. The van der Waals surface area contributed by atoms with Gasteiger partial charge in [0.15, 0.2) is 0 Å². The van der Waals surface area contributed by atoms with Gasteiger partial charge in [-0.15, -0.1) is 5.10 Å².